The number of methoxy groups -OCH3 is 2. The quantitative estimate of drug-likeness (QED) is 0.590. The minimum atomic E-state index is -0.527. The molecule has 1 heterocycles. The number of anilines is 1. The van der Waals surface area contributed by atoms with Gasteiger partial charge in [-0.2, -0.15) is 0 Å². The molecule has 1 aromatic carbocycles. The summed E-state index contributed by atoms with van der Waals surface area (Å²) in [6.45, 7) is 8.12. The summed E-state index contributed by atoms with van der Waals surface area (Å²) in [7, 11) is 4.82. The number of halogens is 1. The predicted molar refractivity (Wildman–Crippen MR) is 124 cm³/mol. The SMILES string of the molecule is COc1cc(N)c(Cl)cc1C(=O)NC1CCN(CCN(C)C(=O)OC(C)(C)C)CC1OC. The first-order chi connectivity index (χ1) is 14.9. The molecule has 180 valence electrons. The van der Waals surface area contributed by atoms with E-state index >= 15 is 0 Å². The molecule has 1 saturated heterocycles. The van der Waals surface area contributed by atoms with Crippen molar-refractivity contribution in [1.82, 2.24) is 15.1 Å². The third-order valence-electron chi connectivity index (χ3n) is 5.28. The number of piperidine rings is 1. The van der Waals surface area contributed by atoms with Gasteiger partial charge < -0.3 is 30.2 Å². The smallest absolute Gasteiger partial charge is 0.410 e. The third kappa shape index (κ3) is 7.15. The summed E-state index contributed by atoms with van der Waals surface area (Å²) in [5, 5.41) is 3.33. The van der Waals surface area contributed by atoms with Crippen molar-refractivity contribution in [3.8, 4) is 5.75 Å². The van der Waals surface area contributed by atoms with E-state index < -0.39 is 5.60 Å². The number of carbonyl (C=O) groups is 2. The molecule has 2 amide bonds. The van der Waals surface area contributed by atoms with E-state index in [4.69, 9.17) is 31.5 Å². The summed E-state index contributed by atoms with van der Waals surface area (Å²) in [5.41, 5.74) is 5.95. The van der Waals surface area contributed by atoms with E-state index in [2.05, 4.69) is 10.2 Å². The van der Waals surface area contributed by atoms with E-state index in [1.54, 1.807) is 19.1 Å². The number of carbonyl (C=O) groups excluding carboxylic acids is 2. The fraction of sp³-hybridized carbons (Fsp3) is 0.636. The third-order valence-corrected chi connectivity index (χ3v) is 5.61. The summed E-state index contributed by atoms with van der Waals surface area (Å²) in [4.78, 5) is 28.8. The lowest BCUT2D eigenvalue weighted by molar-refractivity contribution is 0.00123. The predicted octanol–water partition coefficient (Wildman–Crippen LogP) is 2.62. The summed E-state index contributed by atoms with van der Waals surface area (Å²) < 4.78 is 16.3. The molecule has 1 fully saturated rings. The number of ether oxygens (including phenoxy) is 3. The number of hydrogen-bond donors (Lipinski definition) is 2. The molecule has 3 N–H and O–H groups in total. The normalized spacial score (nSPS) is 19.3. The van der Waals surface area contributed by atoms with Crippen LogP contribution >= 0.6 is 11.6 Å². The average molecular weight is 471 g/mol. The van der Waals surface area contributed by atoms with Crippen LogP contribution in [-0.2, 0) is 9.47 Å². The summed E-state index contributed by atoms with van der Waals surface area (Å²) >= 11 is 6.09. The Morgan fingerprint density at radius 2 is 2.00 bits per heavy atom. The van der Waals surface area contributed by atoms with Gasteiger partial charge in [-0.05, 0) is 33.3 Å². The van der Waals surface area contributed by atoms with Crippen LogP contribution in [0.25, 0.3) is 0 Å². The molecule has 2 atom stereocenters. The van der Waals surface area contributed by atoms with Crippen molar-refractivity contribution in [3.05, 3.63) is 22.7 Å². The lowest BCUT2D eigenvalue weighted by atomic mass is 10.0. The second-order valence-corrected chi connectivity index (χ2v) is 9.33. The van der Waals surface area contributed by atoms with Gasteiger partial charge >= 0.3 is 6.09 Å². The van der Waals surface area contributed by atoms with Crippen LogP contribution in [0.5, 0.6) is 5.75 Å². The molecule has 0 aromatic heterocycles. The summed E-state index contributed by atoms with van der Waals surface area (Å²) in [5.74, 6) is 0.0647. The second kappa shape index (κ2) is 11.1. The molecule has 0 spiro atoms. The van der Waals surface area contributed by atoms with Crippen LogP contribution in [0.2, 0.25) is 5.02 Å². The zero-order valence-electron chi connectivity index (χ0n) is 19.7. The molecule has 0 bridgehead atoms. The molecule has 0 saturated carbocycles. The maximum absolute atomic E-state index is 12.9. The molecule has 2 rings (SSSR count). The molecule has 9 nitrogen and oxygen atoms in total. The number of rotatable bonds is 7. The van der Waals surface area contributed by atoms with Crippen LogP contribution in [0, 0.1) is 0 Å². The van der Waals surface area contributed by atoms with Crippen molar-refractivity contribution in [1.29, 1.82) is 0 Å². The van der Waals surface area contributed by atoms with E-state index in [0.29, 0.717) is 48.1 Å². The van der Waals surface area contributed by atoms with E-state index in [1.807, 2.05) is 20.8 Å². The lowest BCUT2D eigenvalue weighted by Crippen LogP contribution is -2.55. The van der Waals surface area contributed by atoms with Crippen LogP contribution in [-0.4, -0.2) is 87.0 Å². The van der Waals surface area contributed by atoms with E-state index in [9.17, 15) is 9.59 Å². The maximum Gasteiger partial charge on any atom is 0.410 e. The molecule has 1 aromatic rings. The van der Waals surface area contributed by atoms with Gasteiger partial charge in [-0.15, -0.1) is 0 Å². The number of nitrogens with zero attached hydrogens (tertiary/aromatic N) is 2. The van der Waals surface area contributed by atoms with Gasteiger partial charge in [-0.3, -0.25) is 9.69 Å². The molecule has 0 radical (unpaired) electrons. The number of nitrogen functional groups attached to an aromatic ring is 1. The molecule has 10 heteroatoms. The van der Waals surface area contributed by atoms with Crippen molar-refractivity contribution in [3.63, 3.8) is 0 Å². The molecule has 0 aliphatic carbocycles. The Morgan fingerprint density at radius 1 is 1.31 bits per heavy atom. The van der Waals surface area contributed by atoms with Crippen molar-refractivity contribution < 1.29 is 23.8 Å². The van der Waals surface area contributed by atoms with Crippen molar-refractivity contribution >= 4 is 29.3 Å². The summed E-state index contributed by atoms with van der Waals surface area (Å²) in [6.07, 6.45) is 0.152. The zero-order chi connectivity index (χ0) is 24.1. The van der Waals surface area contributed by atoms with E-state index in [0.717, 1.165) is 6.54 Å². The summed E-state index contributed by atoms with van der Waals surface area (Å²) in [6, 6.07) is 2.87. The van der Waals surface area contributed by atoms with Gasteiger partial charge in [0.1, 0.15) is 11.4 Å². The number of nitrogens with two attached hydrogens (primary N) is 1. The molecular formula is C22H35ClN4O5. The maximum atomic E-state index is 12.9. The highest BCUT2D eigenvalue weighted by Crippen LogP contribution is 2.29. The van der Waals surface area contributed by atoms with Crippen LogP contribution in [0.3, 0.4) is 0 Å². The number of likely N-dealkylation sites (tertiary alicyclic amines) is 1. The highest BCUT2D eigenvalue weighted by atomic mass is 35.5. The molecule has 1 aliphatic heterocycles. The van der Waals surface area contributed by atoms with Gasteiger partial charge in [-0.25, -0.2) is 4.79 Å². The standard InChI is InChI=1S/C22H35ClN4O5/c1-22(2,3)32-21(29)26(4)9-10-27-8-7-17(19(13-27)31-6)25-20(28)14-11-15(23)16(24)12-18(14)30-5/h11-12,17,19H,7-10,13,24H2,1-6H3,(H,25,28). The number of amides is 2. The second-order valence-electron chi connectivity index (χ2n) is 8.92. The van der Waals surface area contributed by atoms with Gasteiger partial charge in [-0.1, -0.05) is 11.6 Å². The Balaban J connectivity index is 1.93. The fourth-order valence-corrected chi connectivity index (χ4v) is 3.64. The van der Waals surface area contributed by atoms with Crippen molar-refractivity contribution in [2.45, 2.75) is 44.9 Å². The Labute approximate surface area is 195 Å². The van der Waals surface area contributed by atoms with Crippen LogP contribution in [0.1, 0.15) is 37.6 Å². The number of benzene rings is 1. The van der Waals surface area contributed by atoms with E-state index in [1.165, 1.54) is 19.2 Å². The van der Waals surface area contributed by atoms with Gasteiger partial charge in [0.2, 0.25) is 0 Å². The molecule has 32 heavy (non-hydrogen) atoms. The lowest BCUT2D eigenvalue weighted by Gasteiger charge is -2.38. The Bertz CT molecular complexity index is 814. The highest BCUT2D eigenvalue weighted by Gasteiger charge is 2.31. The largest absolute Gasteiger partial charge is 0.496 e. The molecule has 2 unspecified atom stereocenters. The fourth-order valence-electron chi connectivity index (χ4n) is 3.47. The highest BCUT2D eigenvalue weighted by molar-refractivity contribution is 6.33. The first-order valence-electron chi connectivity index (χ1n) is 10.6. The number of nitrogens with one attached hydrogen (secondary N) is 1. The first-order valence-corrected chi connectivity index (χ1v) is 11.0. The van der Waals surface area contributed by atoms with Gasteiger partial charge in [0.05, 0.1) is 35.5 Å². The Hall–Kier alpha value is -2.23. The van der Waals surface area contributed by atoms with Crippen LogP contribution < -0.4 is 15.8 Å². The molecular weight excluding hydrogens is 436 g/mol. The zero-order valence-corrected chi connectivity index (χ0v) is 20.5. The Kier molecular flexibility index (Phi) is 9.00. The van der Waals surface area contributed by atoms with Gasteiger partial charge in [0.15, 0.2) is 0 Å². The van der Waals surface area contributed by atoms with Crippen LogP contribution in [0.15, 0.2) is 12.1 Å². The van der Waals surface area contributed by atoms with Gasteiger partial charge in [0.25, 0.3) is 5.91 Å². The number of likely N-dealkylation sites (N-methyl/N-ethyl adjacent to an activating group) is 1. The minimum Gasteiger partial charge on any atom is -0.496 e. The monoisotopic (exact) mass is 470 g/mol. The minimum absolute atomic E-state index is 0.173. The topological polar surface area (TPSA) is 106 Å². The van der Waals surface area contributed by atoms with Crippen LogP contribution in [0.4, 0.5) is 10.5 Å². The van der Waals surface area contributed by atoms with E-state index in [-0.39, 0.29) is 24.1 Å². The van der Waals surface area contributed by atoms with Gasteiger partial charge in [0, 0.05) is 46.4 Å². The number of hydrogen-bond acceptors (Lipinski definition) is 7. The van der Waals surface area contributed by atoms with Crippen molar-refractivity contribution in [2.75, 3.05) is 53.2 Å². The Morgan fingerprint density at radius 3 is 2.59 bits per heavy atom. The average Bonchev–Trinajstić information content (AvgIpc) is 2.72. The molecule has 1 aliphatic rings. The van der Waals surface area contributed by atoms with Crippen molar-refractivity contribution in [2.24, 2.45) is 0 Å². The first kappa shape index (κ1) is 26.0.